The van der Waals surface area contributed by atoms with E-state index < -0.39 is 6.04 Å². The summed E-state index contributed by atoms with van der Waals surface area (Å²) in [5.74, 6) is -0.0262. The molecule has 8 heteroatoms. The molecule has 170 valence electrons. The first-order chi connectivity index (χ1) is 15.4. The molecule has 0 aromatic heterocycles. The molecule has 32 heavy (non-hydrogen) atoms. The summed E-state index contributed by atoms with van der Waals surface area (Å²) in [4.78, 5) is 39.5. The molecule has 2 aromatic rings. The molecule has 0 bridgehead atoms. The van der Waals surface area contributed by atoms with Crippen molar-refractivity contribution >= 4 is 35.0 Å². The van der Waals surface area contributed by atoms with Crippen molar-refractivity contribution in [2.45, 2.75) is 38.6 Å². The number of benzene rings is 2. The number of halogens is 1. The van der Waals surface area contributed by atoms with E-state index in [4.69, 9.17) is 16.3 Å². The van der Waals surface area contributed by atoms with Gasteiger partial charge < -0.3 is 20.3 Å². The minimum Gasteiger partial charge on any atom is -0.497 e. The van der Waals surface area contributed by atoms with Crippen LogP contribution < -0.4 is 15.4 Å². The molecule has 1 atom stereocenters. The van der Waals surface area contributed by atoms with E-state index in [1.54, 1.807) is 54.5 Å². The Bertz CT molecular complexity index is 972. The Labute approximate surface area is 193 Å². The van der Waals surface area contributed by atoms with Gasteiger partial charge in [-0.3, -0.25) is 14.4 Å². The molecule has 1 unspecified atom stereocenters. The largest absolute Gasteiger partial charge is 0.497 e. The first kappa shape index (κ1) is 23.6. The van der Waals surface area contributed by atoms with E-state index in [1.807, 2.05) is 0 Å². The van der Waals surface area contributed by atoms with Gasteiger partial charge in [0.15, 0.2) is 0 Å². The van der Waals surface area contributed by atoms with Gasteiger partial charge in [-0.25, -0.2) is 0 Å². The van der Waals surface area contributed by atoms with Crippen molar-refractivity contribution < 1.29 is 19.1 Å². The van der Waals surface area contributed by atoms with Crippen LogP contribution in [0, 0.1) is 0 Å². The molecule has 0 radical (unpaired) electrons. The number of rotatable bonds is 7. The second-order valence-corrected chi connectivity index (χ2v) is 8.26. The molecule has 0 saturated carbocycles. The molecule has 1 fully saturated rings. The van der Waals surface area contributed by atoms with Crippen LogP contribution in [0.25, 0.3) is 0 Å². The third-order valence-electron chi connectivity index (χ3n) is 5.41. The van der Waals surface area contributed by atoms with Crippen LogP contribution in [-0.4, -0.2) is 42.8 Å². The van der Waals surface area contributed by atoms with Gasteiger partial charge in [0.1, 0.15) is 5.75 Å². The highest BCUT2D eigenvalue weighted by atomic mass is 35.5. The maximum Gasteiger partial charge on any atom is 0.255 e. The van der Waals surface area contributed by atoms with Crippen molar-refractivity contribution in [2.75, 3.05) is 25.5 Å². The third-order valence-corrected chi connectivity index (χ3v) is 5.65. The molecule has 0 aliphatic carbocycles. The summed E-state index contributed by atoms with van der Waals surface area (Å²) in [6.07, 6.45) is 3.06. The molecule has 1 aliphatic rings. The van der Waals surface area contributed by atoms with Crippen molar-refractivity contribution in [1.82, 2.24) is 10.2 Å². The topological polar surface area (TPSA) is 87.7 Å². The van der Waals surface area contributed by atoms with Crippen molar-refractivity contribution in [2.24, 2.45) is 0 Å². The lowest BCUT2D eigenvalue weighted by molar-refractivity contribution is -0.120. The fourth-order valence-corrected chi connectivity index (χ4v) is 3.97. The van der Waals surface area contributed by atoms with Crippen molar-refractivity contribution in [1.29, 1.82) is 0 Å². The second-order valence-electron chi connectivity index (χ2n) is 7.82. The average Bonchev–Trinajstić information content (AvgIpc) is 2.78. The summed E-state index contributed by atoms with van der Waals surface area (Å²) in [7, 11) is 1.57. The van der Waals surface area contributed by atoms with Crippen LogP contribution in [0.3, 0.4) is 0 Å². The number of likely N-dealkylation sites (tertiary alicyclic amines) is 1. The highest BCUT2D eigenvalue weighted by Gasteiger charge is 2.23. The van der Waals surface area contributed by atoms with E-state index in [-0.39, 0.29) is 24.1 Å². The lowest BCUT2D eigenvalue weighted by atomic mass is 10.0. The summed E-state index contributed by atoms with van der Waals surface area (Å²) in [5.41, 5.74) is 1.55. The average molecular weight is 458 g/mol. The standard InChI is InChI=1S/C24H28ClN3O4/c1-16(29)26-21(17-6-9-19(32-2)10-7-17)15-23(30)27-22-14-18(25)8-11-20(22)24(31)28-12-4-3-5-13-28/h6-11,14,21H,3-5,12-13,15H2,1-2H3,(H,26,29)(H,27,30). The van der Waals surface area contributed by atoms with Gasteiger partial charge in [0, 0.05) is 25.0 Å². The van der Waals surface area contributed by atoms with Crippen LogP contribution in [0.4, 0.5) is 5.69 Å². The number of carbonyl (C=O) groups is 3. The van der Waals surface area contributed by atoms with Gasteiger partial charge in [-0.1, -0.05) is 23.7 Å². The minimum absolute atomic E-state index is 0.00420. The molecule has 1 aliphatic heterocycles. The van der Waals surface area contributed by atoms with Crippen LogP contribution in [-0.2, 0) is 9.59 Å². The number of nitrogens with zero attached hydrogens (tertiary/aromatic N) is 1. The number of hydrogen-bond acceptors (Lipinski definition) is 4. The zero-order chi connectivity index (χ0) is 23.1. The number of piperidine rings is 1. The van der Waals surface area contributed by atoms with E-state index in [1.165, 1.54) is 6.92 Å². The van der Waals surface area contributed by atoms with Gasteiger partial charge in [0.2, 0.25) is 11.8 Å². The zero-order valence-electron chi connectivity index (χ0n) is 18.3. The van der Waals surface area contributed by atoms with Crippen LogP contribution in [0.1, 0.15) is 54.6 Å². The van der Waals surface area contributed by atoms with Crippen LogP contribution in [0.5, 0.6) is 5.75 Å². The van der Waals surface area contributed by atoms with Crippen molar-refractivity contribution in [3.63, 3.8) is 0 Å². The number of anilines is 1. The fourth-order valence-electron chi connectivity index (χ4n) is 3.79. The van der Waals surface area contributed by atoms with E-state index in [9.17, 15) is 14.4 Å². The predicted molar refractivity (Wildman–Crippen MR) is 124 cm³/mol. The SMILES string of the molecule is COc1ccc(C(CC(=O)Nc2cc(Cl)ccc2C(=O)N2CCCCC2)NC(C)=O)cc1. The number of nitrogens with one attached hydrogen (secondary N) is 2. The van der Waals surface area contributed by atoms with Crippen molar-refractivity contribution in [3.05, 3.63) is 58.6 Å². The van der Waals surface area contributed by atoms with Gasteiger partial charge in [-0.05, 0) is 55.2 Å². The van der Waals surface area contributed by atoms with E-state index in [0.717, 1.165) is 24.8 Å². The molecule has 2 N–H and O–H groups in total. The number of methoxy groups -OCH3 is 1. The highest BCUT2D eigenvalue weighted by Crippen LogP contribution is 2.26. The lowest BCUT2D eigenvalue weighted by Gasteiger charge is -2.27. The van der Waals surface area contributed by atoms with Crippen LogP contribution >= 0.6 is 11.6 Å². The smallest absolute Gasteiger partial charge is 0.255 e. The van der Waals surface area contributed by atoms with Gasteiger partial charge in [-0.15, -0.1) is 0 Å². The fraction of sp³-hybridized carbons (Fsp3) is 0.375. The molecule has 3 amide bonds. The van der Waals surface area contributed by atoms with Gasteiger partial charge in [0.25, 0.3) is 5.91 Å². The second kappa shape index (κ2) is 11.0. The molecule has 0 spiro atoms. The first-order valence-electron chi connectivity index (χ1n) is 10.7. The Balaban J connectivity index is 1.77. The first-order valence-corrected chi connectivity index (χ1v) is 11.0. The molecular formula is C24H28ClN3O4. The monoisotopic (exact) mass is 457 g/mol. The Morgan fingerprint density at radius 3 is 2.38 bits per heavy atom. The summed E-state index contributed by atoms with van der Waals surface area (Å²) in [6, 6.07) is 11.5. The number of amides is 3. The van der Waals surface area contributed by atoms with Gasteiger partial charge >= 0.3 is 0 Å². The Kier molecular flexibility index (Phi) is 8.11. The lowest BCUT2D eigenvalue weighted by Crippen LogP contribution is -2.36. The molecule has 7 nitrogen and oxygen atoms in total. The third kappa shape index (κ3) is 6.23. The molecule has 2 aromatic carbocycles. The Morgan fingerprint density at radius 1 is 1.06 bits per heavy atom. The zero-order valence-corrected chi connectivity index (χ0v) is 19.1. The van der Waals surface area contributed by atoms with E-state index in [2.05, 4.69) is 10.6 Å². The van der Waals surface area contributed by atoms with Gasteiger partial charge in [0.05, 0.1) is 30.8 Å². The number of carbonyl (C=O) groups excluding carboxylic acids is 3. The highest BCUT2D eigenvalue weighted by molar-refractivity contribution is 6.31. The summed E-state index contributed by atoms with van der Waals surface area (Å²) >= 11 is 6.14. The Hall–Kier alpha value is -3.06. The van der Waals surface area contributed by atoms with Crippen LogP contribution in [0.2, 0.25) is 5.02 Å². The van der Waals surface area contributed by atoms with Crippen LogP contribution in [0.15, 0.2) is 42.5 Å². The summed E-state index contributed by atoms with van der Waals surface area (Å²) in [6.45, 7) is 2.81. The number of ether oxygens (including phenoxy) is 1. The summed E-state index contributed by atoms with van der Waals surface area (Å²) in [5, 5.41) is 6.05. The molecule has 1 saturated heterocycles. The maximum absolute atomic E-state index is 13.0. The molecular weight excluding hydrogens is 430 g/mol. The van der Waals surface area contributed by atoms with Crippen molar-refractivity contribution in [3.8, 4) is 5.75 Å². The normalized spacial score (nSPS) is 14.4. The maximum atomic E-state index is 13.0. The van der Waals surface area contributed by atoms with E-state index >= 15 is 0 Å². The predicted octanol–water partition coefficient (Wildman–Crippen LogP) is 4.18. The number of hydrogen-bond donors (Lipinski definition) is 2. The minimum atomic E-state index is -0.529. The molecule has 3 rings (SSSR count). The van der Waals surface area contributed by atoms with E-state index in [0.29, 0.717) is 35.1 Å². The van der Waals surface area contributed by atoms with Gasteiger partial charge in [-0.2, -0.15) is 0 Å². The molecule has 1 heterocycles. The Morgan fingerprint density at radius 2 is 1.75 bits per heavy atom. The quantitative estimate of drug-likeness (QED) is 0.652. The summed E-state index contributed by atoms with van der Waals surface area (Å²) < 4.78 is 5.17.